The second-order valence-electron chi connectivity index (χ2n) is 7.92. The summed E-state index contributed by atoms with van der Waals surface area (Å²) in [6.07, 6.45) is -3.07. The molecule has 0 amide bonds. The molecule has 172 valence electrons. The maximum Gasteiger partial charge on any atom is 0.221 e. The van der Waals surface area contributed by atoms with Gasteiger partial charge in [-0.25, -0.2) is 0 Å². The highest BCUT2D eigenvalue weighted by molar-refractivity contribution is 6.31. The fraction of sp³-hybridized carbons (Fsp3) is 0.478. The van der Waals surface area contributed by atoms with Gasteiger partial charge in [-0.2, -0.15) is 0 Å². The summed E-state index contributed by atoms with van der Waals surface area (Å²) in [6.45, 7) is 8.28. The summed E-state index contributed by atoms with van der Waals surface area (Å²) >= 11 is 6.37. The van der Waals surface area contributed by atoms with Crippen molar-refractivity contribution in [3.8, 4) is 0 Å². The van der Waals surface area contributed by atoms with Crippen molar-refractivity contribution >= 4 is 11.6 Å². The van der Waals surface area contributed by atoms with Gasteiger partial charge in [-0.15, -0.1) is 0 Å². The van der Waals surface area contributed by atoms with Gasteiger partial charge in [0.25, 0.3) is 0 Å². The van der Waals surface area contributed by atoms with Crippen molar-refractivity contribution < 1.29 is 35.4 Å². The first kappa shape index (κ1) is 25.7. The van der Waals surface area contributed by atoms with Gasteiger partial charge in [0.15, 0.2) is 0 Å². The highest BCUT2D eigenvalue weighted by atomic mass is 35.5. The molecule has 6 atom stereocenters. The molecule has 0 aliphatic carbocycles. The monoisotopic (exact) mass is 454 g/mol. The van der Waals surface area contributed by atoms with Gasteiger partial charge in [0.2, 0.25) is 5.79 Å². The zero-order chi connectivity index (χ0) is 23.6. The van der Waals surface area contributed by atoms with Crippen LogP contribution in [-0.4, -0.2) is 67.4 Å². The Hall–Kier alpha value is -1.55. The summed E-state index contributed by atoms with van der Waals surface area (Å²) in [5.41, 5.74) is 0.691. The molecule has 1 aromatic carbocycles. The molecule has 1 saturated heterocycles. The quantitative estimate of drug-likeness (QED) is 0.342. The van der Waals surface area contributed by atoms with Crippen LogP contribution in [0.5, 0.6) is 0 Å². The molecular weight excluding hydrogens is 424 g/mol. The van der Waals surface area contributed by atoms with E-state index in [1.54, 1.807) is 13.8 Å². The molecule has 0 saturated carbocycles. The highest BCUT2D eigenvalue weighted by Gasteiger charge is 2.53. The first-order valence-corrected chi connectivity index (χ1v) is 10.4. The first-order valence-electron chi connectivity index (χ1n) is 10.0. The van der Waals surface area contributed by atoms with E-state index in [1.807, 2.05) is 31.2 Å². The maximum absolute atomic E-state index is 11.0. The van der Waals surface area contributed by atoms with Crippen molar-refractivity contribution in [2.45, 2.75) is 63.0 Å². The predicted octanol–water partition coefficient (Wildman–Crippen LogP) is 1.24. The molecule has 1 aliphatic rings. The fourth-order valence-electron chi connectivity index (χ4n) is 3.35. The average Bonchev–Trinajstić information content (AvgIpc) is 2.77. The normalized spacial score (nSPS) is 31.9. The van der Waals surface area contributed by atoms with E-state index >= 15 is 0 Å². The van der Waals surface area contributed by atoms with Crippen LogP contribution in [0.2, 0.25) is 0 Å². The molecule has 7 nitrogen and oxygen atoms in total. The number of halogens is 1. The van der Waals surface area contributed by atoms with Gasteiger partial charge in [0, 0.05) is 10.6 Å². The third-order valence-electron chi connectivity index (χ3n) is 5.87. The van der Waals surface area contributed by atoms with E-state index in [2.05, 4.69) is 6.58 Å². The Morgan fingerprint density at radius 1 is 1.19 bits per heavy atom. The van der Waals surface area contributed by atoms with Crippen LogP contribution in [-0.2, 0) is 16.8 Å². The maximum atomic E-state index is 11.0. The molecule has 1 aliphatic heterocycles. The molecule has 1 heterocycles. The SMILES string of the molecule is C=C(C=CC(Cl)=C(C)C(C)(O)c1ccc(CC)cc1)C1(O)OC(CO)C(O)C(O)C1O. The number of rotatable bonds is 7. The Morgan fingerprint density at radius 3 is 2.29 bits per heavy atom. The number of aliphatic hydroxyl groups excluding tert-OH is 4. The molecule has 2 rings (SSSR count). The third kappa shape index (κ3) is 5.10. The Bertz CT molecular complexity index is 844. The lowest BCUT2D eigenvalue weighted by Crippen LogP contribution is -2.65. The van der Waals surface area contributed by atoms with Crippen LogP contribution in [0, 0.1) is 0 Å². The Balaban J connectivity index is 2.27. The molecule has 1 aromatic rings. The van der Waals surface area contributed by atoms with Crippen LogP contribution in [0.15, 0.2) is 59.2 Å². The molecule has 0 radical (unpaired) electrons. The van der Waals surface area contributed by atoms with Gasteiger partial charge in [-0.1, -0.05) is 55.4 Å². The second-order valence-corrected chi connectivity index (χ2v) is 8.32. The summed E-state index contributed by atoms with van der Waals surface area (Å²) in [7, 11) is 0. The summed E-state index contributed by atoms with van der Waals surface area (Å²) in [5.74, 6) is -2.45. The van der Waals surface area contributed by atoms with Gasteiger partial charge >= 0.3 is 0 Å². The van der Waals surface area contributed by atoms with Crippen molar-refractivity contribution in [2.75, 3.05) is 6.61 Å². The Morgan fingerprint density at radius 2 is 1.77 bits per heavy atom. The molecule has 0 bridgehead atoms. The van der Waals surface area contributed by atoms with Gasteiger partial charge in [0.1, 0.15) is 30.0 Å². The Labute approximate surface area is 187 Å². The van der Waals surface area contributed by atoms with E-state index in [4.69, 9.17) is 16.3 Å². The van der Waals surface area contributed by atoms with E-state index in [1.165, 1.54) is 12.2 Å². The number of ether oxygens (including phenoxy) is 1. The minimum atomic E-state index is -2.45. The molecule has 6 unspecified atom stereocenters. The standard InChI is InChI=1S/C23H31ClO7/c1-5-15-7-9-16(10-8-15)22(4,29)14(3)17(24)11-6-13(2)23(30)21(28)20(27)19(26)18(12-25)31-23/h6-11,18-21,25-30H,2,5,12H2,1,3-4H3. The molecule has 1 fully saturated rings. The summed E-state index contributed by atoms with van der Waals surface area (Å²) in [5, 5.41) is 61.2. The van der Waals surface area contributed by atoms with Gasteiger partial charge in [-0.3, -0.25) is 0 Å². The van der Waals surface area contributed by atoms with E-state index in [0.29, 0.717) is 11.1 Å². The molecule has 31 heavy (non-hydrogen) atoms. The summed E-state index contributed by atoms with van der Waals surface area (Å²) in [6, 6.07) is 7.51. The zero-order valence-electron chi connectivity index (χ0n) is 17.9. The van der Waals surface area contributed by atoms with E-state index in [0.717, 1.165) is 12.0 Å². The molecule has 8 heteroatoms. The smallest absolute Gasteiger partial charge is 0.221 e. The van der Waals surface area contributed by atoms with E-state index < -0.39 is 42.4 Å². The number of aliphatic hydroxyl groups is 6. The van der Waals surface area contributed by atoms with Crippen LogP contribution >= 0.6 is 11.6 Å². The topological polar surface area (TPSA) is 131 Å². The van der Waals surface area contributed by atoms with E-state index in [9.17, 15) is 30.6 Å². The minimum absolute atomic E-state index is 0.165. The minimum Gasteiger partial charge on any atom is -0.394 e. The molecule has 0 aromatic heterocycles. The number of benzene rings is 1. The van der Waals surface area contributed by atoms with E-state index in [-0.39, 0.29) is 10.6 Å². The number of allylic oxidation sites excluding steroid dienone is 2. The van der Waals surface area contributed by atoms with Crippen LogP contribution in [0.1, 0.15) is 31.9 Å². The van der Waals surface area contributed by atoms with Gasteiger partial charge in [0.05, 0.1) is 6.61 Å². The average molecular weight is 455 g/mol. The first-order chi connectivity index (χ1) is 14.4. The lowest BCUT2D eigenvalue weighted by Gasteiger charge is -2.45. The lowest BCUT2D eigenvalue weighted by molar-refractivity contribution is -0.330. The number of hydrogen-bond acceptors (Lipinski definition) is 7. The van der Waals surface area contributed by atoms with Crippen molar-refractivity contribution in [2.24, 2.45) is 0 Å². The van der Waals surface area contributed by atoms with Crippen LogP contribution in [0.4, 0.5) is 0 Å². The fourth-order valence-corrected chi connectivity index (χ4v) is 3.60. The van der Waals surface area contributed by atoms with Crippen LogP contribution < -0.4 is 0 Å². The predicted molar refractivity (Wildman–Crippen MR) is 117 cm³/mol. The Kier molecular flexibility index (Phi) is 8.24. The highest BCUT2D eigenvalue weighted by Crippen LogP contribution is 2.35. The molecule has 0 spiro atoms. The number of aryl methyl sites for hydroxylation is 1. The summed E-state index contributed by atoms with van der Waals surface area (Å²) < 4.78 is 5.22. The lowest BCUT2D eigenvalue weighted by atomic mass is 9.87. The van der Waals surface area contributed by atoms with Gasteiger partial charge < -0.3 is 35.4 Å². The van der Waals surface area contributed by atoms with Crippen LogP contribution in [0.25, 0.3) is 0 Å². The van der Waals surface area contributed by atoms with Crippen molar-refractivity contribution in [1.82, 2.24) is 0 Å². The largest absolute Gasteiger partial charge is 0.394 e. The van der Waals surface area contributed by atoms with Crippen molar-refractivity contribution in [1.29, 1.82) is 0 Å². The van der Waals surface area contributed by atoms with Crippen molar-refractivity contribution in [3.05, 3.63) is 70.3 Å². The van der Waals surface area contributed by atoms with Crippen molar-refractivity contribution in [3.63, 3.8) is 0 Å². The second kappa shape index (κ2) is 9.94. The molecular formula is C23H31ClO7. The van der Waals surface area contributed by atoms with Crippen LogP contribution in [0.3, 0.4) is 0 Å². The van der Waals surface area contributed by atoms with Gasteiger partial charge in [-0.05, 0) is 43.0 Å². The third-order valence-corrected chi connectivity index (χ3v) is 6.28. The zero-order valence-corrected chi connectivity index (χ0v) is 18.6. The number of hydrogen-bond donors (Lipinski definition) is 6. The summed E-state index contributed by atoms with van der Waals surface area (Å²) in [4.78, 5) is 0. The molecule has 6 N–H and O–H groups in total.